The van der Waals surface area contributed by atoms with E-state index in [9.17, 15) is 0 Å². The van der Waals surface area contributed by atoms with Gasteiger partial charge in [0.2, 0.25) is 5.89 Å². The van der Waals surface area contributed by atoms with E-state index in [1.54, 1.807) is 0 Å². The summed E-state index contributed by atoms with van der Waals surface area (Å²) in [6.45, 7) is 0. The molecule has 58 heavy (non-hydrogen) atoms. The maximum Gasteiger partial charge on any atom is 0.227 e. The van der Waals surface area contributed by atoms with Gasteiger partial charge in [0.05, 0.1) is 16.7 Å². The molecule has 3 heterocycles. The Morgan fingerprint density at radius 1 is 0.466 bits per heavy atom. The number of nitrogens with zero attached hydrogens (tertiary/aromatic N) is 3. The van der Waals surface area contributed by atoms with Crippen molar-refractivity contribution in [1.29, 1.82) is 0 Å². The van der Waals surface area contributed by atoms with E-state index in [1.165, 1.54) is 47.2 Å². The Kier molecular flexibility index (Phi) is 7.37. The molecule has 0 aliphatic heterocycles. The van der Waals surface area contributed by atoms with Crippen LogP contribution in [-0.2, 0) is 0 Å². The summed E-state index contributed by atoms with van der Waals surface area (Å²) in [7, 11) is 0. The monoisotopic (exact) mass is 759 g/mol. The van der Waals surface area contributed by atoms with E-state index in [2.05, 4.69) is 173 Å². The molecule has 0 saturated carbocycles. The predicted molar refractivity (Wildman–Crippen MR) is 244 cm³/mol. The quantitative estimate of drug-likeness (QED) is 0.169. The molecule has 9 aromatic carbocycles. The summed E-state index contributed by atoms with van der Waals surface area (Å²) in [6.07, 6.45) is 0. The second-order valence-electron chi connectivity index (χ2n) is 14.7. The van der Waals surface area contributed by atoms with Gasteiger partial charge in [0.1, 0.15) is 5.52 Å². The summed E-state index contributed by atoms with van der Waals surface area (Å²) >= 11 is 1.85. The first-order valence-corrected chi connectivity index (χ1v) is 20.4. The fourth-order valence-electron chi connectivity index (χ4n) is 8.80. The van der Waals surface area contributed by atoms with Gasteiger partial charge in [-0.05, 0) is 83.7 Å². The Balaban J connectivity index is 1.10. The minimum Gasteiger partial charge on any atom is -0.435 e. The normalized spacial score (nSPS) is 11.8. The molecule has 272 valence electrons. The van der Waals surface area contributed by atoms with Gasteiger partial charge >= 0.3 is 0 Å². The highest BCUT2D eigenvalue weighted by Gasteiger charge is 2.23. The van der Waals surface area contributed by atoms with Crippen LogP contribution in [0.15, 0.2) is 205 Å². The second-order valence-corrected chi connectivity index (χ2v) is 15.8. The SMILES string of the molecule is c1ccc(-c2nc3cccc(-c4ccc(N(c5ccc6c(c5)sc5ccccc56)c5cc6c(c7ccccc57)c5ccccc5n6-c5ccccc5)cc4)c3o2)cc1. The van der Waals surface area contributed by atoms with E-state index >= 15 is 0 Å². The van der Waals surface area contributed by atoms with E-state index in [-0.39, 0.29) is 0 Å². The minimum atomic E-state index is 0.623. The van der Waals surface area contributed by atoms with Crippen LogP contribution in [0.25, 0.3) is 92.1 Å². The van der Waals surface area contributed by atoms with Crippen LogP contribution in [0, 0.1) is 0 Å². The van der Waals surface area contributed by atoms with Gasteiger partial charge in [-0.2, -0.15) is 0 Å². The molecule has 0 amide bonds. The van der Waals surface area contributed by atoms with E-state index in [0.717, 1.165) is 56.1 Å². The molecule has 5 heteroatoms. The van der Waals surface area contributed by atoms with Gasteiger partial charge in [-0.3, -0.25) is 0 Å². The Labute approximate surface area is 338 Å². The number of hydrogen-bond acceptors (Lipinski definition) is 4. The molecular formula is C53H33N3OS. The number of aromatic nitrogens is 2. The molecule has 0 bridgehead atoms. The van der Waals surface area contributed by atoms with E-state index in [0.29, 0.717) is 5.89 Å². The van der Waals surface area contributed by atoms with Crippen LogP contribution < -0.4 is 4.90 Å². The first-order valence-electron chi connectivity index (χ1n) is 19.5. The third-order valence-corrected chi connectivity index (χ3v) is 12.5. The molecule has 3 aromatic heterocycles. The number of fused-ring (bicyclic) bond motifs is 9. The van der Waals surface area contributed by atoms with Crippen molar-refractivity contribution in [2.24, 2.45) is 0 Å². The average molecular weight is 760 g/mol. The molecule has 0 aliphatic carbocycles. The molecule has 0 fully saturated rings. The fraction of sp³-hybridized carbons (Fsp3) is 0. The van der Waals surface area contributed by atoms with Crippen LogP contribution >= 0.6 is 11.3 Å². The molecule has 0 saturated heterocycles. The van der Waals surface area contributed by atoms with Gasteiger partial charge in [-0.1, -0.05) is 127 Å². The van der Waals surface area contributed by atoms with Crippen molar-refractivity contribution in [3.63, 3.8) is 0 Å². The van der Waals surface area contributed by atoms with Crippen molar-refractivity contribution in [2.75, 3.05) is 4.90 Å². The first kappa shape index (κ1) is 32.7. The molecule has 0 spiro atoms. The van der Waals surface area contributed by atoms with E-state index < -0.39 is 0 Å². The first-order chi connectivity index (χ1) is 28.8. The summed E-state index contributed by atoms with van der Waals surface area (Å²) < 4.78 is 11.4. The molecule has 12 aromatic rings. The van der Waals surface area contributed by atoms with Gasteiger partial charge in [-0.25, -0.2) is 4.98 Å². The van der Waals surface area contributed by atoms with Crippen LogP contribution in [0.1, 0.15) is 0 Å². The van der Waals surface area contributed by atoms with Crippen LogP contribution in [0.3, 0.4) is 0 Å². The van der Waals surface area contributed by atoms with E-state index in [4.69, 9.17) is 9.40 Å². The lowest BCUT2D eigenvalue weighted by atomic mass is 10.00. The van der Waals surface area contributed by atoms with Crippen LogP contribution in [-0.4, -0.2) is 9.55 Å². The Bertz CT molecular complexity index is 3510. The largest absolute Gasteiger partial charge is 0.435 e. The van der Waals surface area contributed by atoms with Gasteiger partial charge in [0.15, 0.2) is 5.58 Å². The maximum atomic E-state index is 6.46. The number of para-hydroxylation sites is 3. The van der Waals surface area contributed by atoms with Crippen molar-refractivity contribution in [3.05, 3.63) is 200 Å². The number of oxazole rings is 1. The van der Waals surface area contributed by atoms with Crippen LogP contribution in [0.4, 0.5) is 17.1 Å². The summed E-state index contributed by atoms with van der Waals surface area (Å²) in [5.74, 6) is 0.623. The third-order valence-electron chi connectivity index (χ3n) is 11.4. The lowest BCUT2D eigenvalue weighted by molar-refractivity contribution is 0.621. The van der Waals surface area contributed by atoms with Gasteiger partial charge < -0.3 is 13.9 Å². The van der Waals surface area contributed by atoms with Gasteiger partial charge in [-0.15, -0.1) is 11.3 Å². The summed E-state index contributed by atoms with van der Waals surface area (Å²) in [5, 5.41) is 7.47. The highest BCUT2D eigenvalue weighted by atomic mass is 32.1. The van der Waals surface area contributed by atoms with Crippen molar-refractivity contribution in [2.45, 2.75) is 0 Å². The van der Waals surface area contributed by atoms with Crippen LogP contribution in [0.2, 0.25) is 0 Å². The Hall–Kier alpha value is -7.47. The fourth-order valence-corrected chi connectivity index (χ4v) is 9.94. The van der Waals surface area contributed by atoms with E-state index in [1.807, 2.05) is 47.7 Å². The van der Waals surface area contributed by atoms with Gasteiger partial charge in [0.25, 0.3) is 0 Å². The zero-order valence-corrected chi connectivity index (χ0v) is 32.0. The molecule has 0 aliphatic rings. The minimum absolute atomic E-state index is 0.623. The zero-order chi connectivity index (χ0) is 38.2. The number of benzene rings is 9. The number of rotatable bonds is 6. The average Bonchev–Trinajstić information content (AvgIpc) is 3.99. The standard InChI is InChI=1S/C53H33N3OS/c1-3-14-35(15-4-1)53-54-45-23-13-22-39(52(45)57-53)34-26-28-37(29-27-34)55(38-30-31-42-41-19-10-12-25-49(41)58-50(42)32-38)47-33-48-51(43-20-8-7-18-40(43)47)44-21-9-11-24-46(44)56(48)36-16-5-2-6-17-36/h1-33H. The lowest BCUT2D eigenvalue weighted by Crippen LogP contribution is -2.11. The Morgan fingerprint density at radius 2 is 1.14 bits per heavy atom. The number of hydrogen-bond donors (Lipinski definition) is 0. The molecule has 0 radical (unpaired) electrons. The second kappa shape index (κ2) is 13.1. The molecule has 0 atom stereocenters. The highest BCUT2D eigenvalue weighted by Crippen LogP contribution is 2.47. The van der Waals surface area contributed by atoms with Crippen molar-refractivity contribution < 1.29 is 4.42 Å². The van der Waals surface area contributed by atoms with Crippen molar-refractivity contribution in [1.82, 2.24) is 9.55 Å². The molecule has 4 nitrogen and oxygen atoms in total. The topological polar surface area (TPSA) is 34.2 Å². The predicted octanol–water partition coefficient (Wildman–Crippen LogP) is 15.2. The highest BCUT2D eigenvalue weighted by molar-refractivity contribution is 7.25. The van der Waals surface area contributed by atoms with Crippen molar-refractivity contribution in [3.8, 4) is 28.3 Å². The maximum absolute atomic E-state index is 6.46. The van der Waals surface area contributed by atoms with Crippen molar-refractivity contribution >= 4 is 92.2 Å². The summed E-state index contributed by atoms with van der Waals surface area (Å²) in [5.41, 5.74) is 11.4. The van der Waals surface area contributed by atoms with Crippen LogP contribution in [0.5, 0.6) is 0 Å². The zero-order valence-electron chi connectivity index (χ0n) is 31.2. The molecule has 12 rings (SSSR count). The lowest BCUT2D eigenvalue weighted by Gasteiger charge is -2.28. The summed E-state index contributed by atoms with van der Waals surface area (Å²) in [4.78, 5) is 7.29. The molecular weight excluding hydrogens is 727 g/mol. The number of anilines is 3. The smallest absolute Gasteiger partial charge is 0.227 e. The third kappa shape index (κ3) is 5.11. The molecule has 0 unspecified atom stereocenters. The summed E-state index contributed by atoms with van der Waals surface area (Å²) in [6, 6.07) is 71.6. The molecule has 0 N–H and O–H groups in total. The van der Waals surface area contributed by atoms with Gasteiger partial charge in [0, 0.05) is 64.5 Å². The Morgan fingerprint density at radius 3 is 1.97 bits per heavy atom. The number of thiophene rings is 1.